The van der Waals surface area contributed by atoms with Crippen LogP contribution in [0.25, 0.3) is 11.4 Å². The SMILES string of the molecule is COCCNCCNC(=O)c1ccc(-c2noc(CC(C)(C)C)n2)cc1.Cl. The summed E-state index contributed by atoms with van der Waals surface area (Å²) in [5, 5.41) is 10.1. The van der Waals surface area contributed by atoms with Gasteiger partial charge >= 0.3 is 0 Å². The molecule has 0 saturated heterocycles. The van der Waals surface area contributed by atoms with Crippen molar-refractivity contribution in [2.75, 3.05) is 33.4 Å². The summed E-state index contributed by atoms with van der Waals surface area (Å²) in [5.41, 5.74) is 1.51. The molecule has 8 heteroatoms. The van der Waals surface area contributed by atoms with Gasteiger partial charge in [0.25, 0.3) is 5.91 Å². The second-order valence-corrected chi connectivity index (χ2v) is 7.33. The third-order valence-electron chi connectivity index (χ3n) is 3.63. The van der Waals surface area contributed by atoms with Crippen molar-refractivity contribution in [1.82, 2.24) is 20.8 Å². The van der Waals surface area contributed by atoms with Crippen molar-refractivity contribution in [3.05, 3.63) is 35.7 Å². The van der Waals surface area contributed by atoms with Crippen molar-refractivity contribution < 1.29 is 14.1 Å². The summed E-state index contributed by atoms with van der Waals surface area (Å²) in [4.78, 5) is 16.6. The van der Waals surface area contributed by atoms with Crippen LogP contribution in [0, 0.1) is 5.41 Å². The molecule has 0 aliphatic heterocycles. The van der Waals surface area contributed by atoms with E-state index in [-0.39, 0.29) is 23.7 Å². The van der Waals surface area contributed by atoms with Gasteiger partial charge in [0.1, 0.15) is 0 Å². The quantitative estimate of drug-likeness (QED) is 0.633. The van der Waals surface area contributed by atoms with E-state index < -0.39 is 0 Å². The smallest absolute Gasteiger partial charge is 0.251 e. The van der Waals surface area contributed by atoms with Crippen molar-refractivity contribution in [1.29, 1.82) is 0 Å². The molecule has 27 heavy (non-hydrogen) atoms. The number of methoxy groups -OCH3 is 1. The monoisotopic (exact) mass is 396 g/mol. The van der Waals surface area contributed by atoms with Crippen molar-refractivity contribution in [2.45, 2.75) is 27.2 Å². The minimum atomic E-state index is -0.105. The lowest BCUT2D eigenvalue weighted by atomic mass is 9.92. The number of nitrogens with zero attached hydrogens (tertiary/aromatic N) is 2. The number of hydrogen-bond donors (Lipinski definition) is 2. The fourth-order valence-corrected chi connectivity index (χ4v) is 2.33. The van der Waals surface area contributed by atoms with Crippen LogP contribution in [0.2, 0.25) is 0 Å². The maximum atomic E-state index is 12.1. The number of nitrogens with one attached hydrogen (secondary N) is 2. The van der Waals surface area contributed by atoms with Crippen molar-refractivity contribution >= 4 is 18.3 Å². The molecule has 0 atom stereocenters. The van der Waals surface area contributed by atoms with Crippen LogP contribution < -0.4 is 10.6 Å². The van der Waals surface area contributed by atoms with E-state index in [4.69, 9.17) is 9.26 Å². The molecule has 0 saturated carbocycles. The number of amides is 1. The molecule has 1 aromatic carbocycles. The minimum Gasteiger partial charge on any atom is -0.383 e. The highest BCUT2D eigenvalue weighted by molar-refractivity contribution is 5.94. The van der Waals surface area contributed by atoms with Gasteiger partial charge in [0.2, 0.25) is 11.7 Å². The predicted molar refractivity (Wildman–Crippen MR) is 107 cm³/mol. The second-order valence-electron chi connectivity index (χ2n) is 7.33. The molecule has 7 nitrogen and oxygen atoms in total. The Hall–Kier alpha value is -1.96. The second kappa shape index (κ2) is 11.0. The van der Waals surface area contributed by atoms with Gasteiger partial charge in [-0.1, -0.05) is 38.1 Å². The number of hydrogen-bond acceptors (Lipinski definition) is 6. The molecule has 2 N–H and O–H groups in total. The van der Waals surface area contributed by atoms with Crippen LogP contribution in [0.5, 0.6) is 0 Å². The van der Waals surface area contributed by atoms with Gasteiger partial charge in [-0.15, -0.1) is 12.4 Å². The molecule has 2 aromatic rings. The number of halogens is 1. The Balaban J connectivity index is 0.00000364. The molecule has 0 bridgehead atoms. The first-order valence-corrected chi connectivity index (χ1v) is 8.80. The van der Waals surface area contributed by atoms with Crippen LogP contribution in [0.3, 0.4) is 0 Å². The third-order valence-corrected chi connectivity index (χ3v) is 3.63. The molecular formula is C19H29ClN4O3. The van der Waals surface area contributed by atoms with E-state index in [2.05, 4.69) is 41.5 Å². The first-order valence-electron chi connectivity index (χ1n) is 8.80. The Morgan fingerprint density at radius 3 is 2.48 bits per heavy atom. The Kier molecular flexibility index (Phi) is 9.41. The molecule has 0 unspecified atom stereocenters. The Morgan fingerprint density at radius 2 is 1.85 bits per heavy atom. The number of benzene rings is 1. The lowest BCUT2D eigenvalue weighted by Crippen LogP contribution is -2.33. The molecule has 1 heterocycles. The van der Waals surface area contributed by atoms with Crippen LogP contribution >= 0.6 is 12.4 Å². The van der Waals surface area contributed by atoms with Gasteiger partial charge in [0.05, 0.1) is 6.61 Å². The zero-order valence-electron chi connectivity index (χ0n) is 16.4. The Morgan fingerprint density at radius 1 is 1.15 bits per heavy atom. The van der Waals surface area contributed by atoms with E-state index in [1.807, 2.05) is 12.1 Å². The molecule has 1 aromatic heterocycles. The van der Waals surface area contributed by atoms with E-state index in [1.54, 1.807) is 19.2 Å². The van der Waals surface area contributed by atoms with Gasteiger partial charge in [0, 0.05) is 44.3 Å². The lowest BCUT2D eigenvalue weighted by molar-refractivity contribution is 0.0953. The van der Waals surface area contributed by atoms with Gasteiger partial charge in [0.15, 0.2) is 0 Å². The zero-order chi connectivity index (χ0) is 19.0. The van der Waals surface area contributed by atoms with Gasteiger partial charge in [-0.05, 0) is 17.5 Å². The minimum absolute atomic E-state index is 0. The van der Waals surface area contributed by atoms with Crippen molar-refractivity contribution in [3.63, 3.8) is 0 Å². The number of carbonyl (C=O) groups is 1. The van der Waals surface area contributed by atoms with Gasteiger partial charge < -0.3 is 19.9 Å². The molecule has 150 valence electrons. The third kappa shape index (κ3) is 8.07. The highest BCUT2D eigenvalue weighted by atomic mass is 35.5. The average Bonchev–Trinajstić information content (AvgIpc) is 3.04. The molecule has 0 aliphatic carbocycles. The number of aromatic nitrogens is 2. The van der Waals surface area contributed by atoms with E-state index in [9.17, 15) is 4.79 Å². The van der Waals surface area contributed by atoms with Gasteiger partial charge in [-0.25, -0.2) is 0 Å². The van der Waals surface area contributed by atoms with E-state index >= 15 is 0 Å². The van der Waals surface area contributed by atoms with Crippen LogP contribution in [-0.2, 0) is 11.2 Å². The lowest BCUT2D eigenvalue weighted by Gasteiger charge is -2.13. The summed E-state index contributed by atoms with van der Waals surface area (Å²) in [6.45, 7) is 9.05. The number of ether oxygens (including phenoxy) is 1. The Bertz CT molecular complexity index is 696. The maximum absolute atomic E-state index is 12.1. The van der Waals surface area contributed by atoms with E-state index in [0.717, 1.165) is 18.5 Å². The molecule has 2 rings (SSSR count). The fraction of sp³-hybridized carbons (Fsp3) is 0.526. The molecule has 0 radical (unpaired) electrons. The van der Waals surface area contributed by atoms with E-state index in [1.165, 1.54) is 0 Å². The standard InChI is InChI=1S/C19H28N4O3.ClH/c1-19(2,3)13-16-22-17(23-26-16)14-5-7-15(8-6-14)18(24)21-10-9-20-11-12-25-4;/h5-8,20H,9-13H2,1-4H3,(H,21,24);1H. The zero-order valence-corrected chi connectivity index (χ0v) is 17.2. The van der Waals surface area contributed by atoms with Crippen LogP contribution in [0.15, 0.2) is 28.8 Å². The topological polar surface area (TPSA) is 89.3 Å². The van der Waals surface area contributed by atoms with Crippen LogP contribution in [0.4, 0.5) is 0 Å². The summed E-state index contributed by atoms with van der Waals surface area (Å²) in [6.07, 6.45) is 0.721. The number of carbonyl (C=O) groups excluding carboxylic acids is 1. The summed E-state index contributed by atoms with van der Waals surface area (Å²) in [5.74, 6) is 1.06. The van der Waals surface area contributed by atoms with Gasteiger partial charge in [-0.3, -0.25) is 4.79 Å². The van der Waals surface area contributed by atoms with E-state index in [0.29, 0.717) is 37.0 Å². The summed E-state index contributed by atoms with van der Waals surface area (Å²) >= 11 is 0. The van der Waals surface area contributed by atoms with Gasteiger partial charge in [-0.2, -0.15) is 4.98 Å². The van der Waals surface area contributed by atoms with Crippen LogP contribution in [0.1, 0.15) is 37.0 Å². The molecule has 0 fully saturated rings. The largest absolute Gasteiger partial charge is 0.383 e. The van der Waals surface area contributed by atoms with Crippen molar-refractivity contribution in [3.8, 4) is 11.4 Å². The first kappa shape index (κ1) is 23.1. The molecule has 0 spiro atoms. The fourth-order valence-electron chi connectivity index (χ4n) is 2.33. The first-order chi connectivity index (χ1) is 12.4. The summed E-state index contributed by atoms with van der Waals surface area (Å²) in [6, 6.07) is 7.20. The Labute approximate surface area is 166 Å². The molecular weight excluding hydrogens is 368 g/mol. The average molecular weight is 397 g/mol. The predicted octanol–water partition coefficient (Wildman–Crippen LogP) is 2.71. The number of rotatable bonds is 9. The normalized spacial score (nSPS) is 11.1. The highest BCUT2D eigenvalue weighted by Gasteiger charge is 2.17. The molecule has 1 amide bonds. The van der Waals surface area contributed by atoms with Crippen molar-refractivity contribution in [2.24, 2.45) is 5.41 Å². The van der Waals surface area contributed by atoms with Crippen LogP contribution in [-0.4, -0.2) is 49.4 Å². The maximum Gasteiger partial charge on any atom is 0.251 e. The molecule has 0 aliphatic rings. The summed E-state index contributed by atoms with van der Waals surface area (Å²) in [7, 11) is 1.66. The highest BCUT2D eigenvalue weighted by Crippen LogP contribution is 2.22. The summed E-state index contributed by atoms with van der Waals surface area (Å²) < 4.78 is 10.3.